The summed E-state index contributed by atoms with van der Waals surface area (Å²) in [6.45, 7) is 9.81. The maximum Gasteiger partial charge on any atom is 0.251 e. The number of para-hydroxylation sites is 1. The van der Waals surface area contributed by atoms with E-state index in [1.165, 1.54) is 0 Å². The molecule has 2 aliphatic rings. The number of anilines is 1. The number of amides is 2. The van der Waals surface area contributed by atoms with Crippen LogP contribution in [0.25, 0.3) is 11.1 Å². The van der Waals surface area contributed by atoms with E-state index in [0.717, 1.165) is 41.8 Å². The maximum atomic E-state index is 14.0. The van der Waals surface area contributed by atoms with Crippen LogP contribution in [0.5, 0.6) is 5.75 Å². The predicted octanol–water partition coefficient (Wildman–Crippen LogP) is 3.38. The molecule has 1 aliphatic heterocycles. The van der Waals surface area contributed by atoms with Gasteiger partial charge in [-0.15, -0.1) is 0 Å². The number of likely N-dealkylation sites (N-methyl/N-ethyl adjacent to an activating group) is 1. The Hall–Kier alpha value is -3.22. The SMILES string of the molecule is COc1c(CN2O[C@@H](CO)C(CO)[C@H]2C(=O)N[C@H]2CCC(C)(C)[C@@H](C)[C@@H]2C)cccc1-c1cc(C(=O)NCCN(C)C)cc(N(C)C)c1. The molecule has 4 rings (SSSR count). The third kappa shape index (κ3) is 8.31. The second kappa shape index (κ2) is 16.0. The Labute approximate surface area is 286 Å². The molecule has 4 N–H and O–H groups in total. The van der Waals surface area contributed by atoms with Crippen LogP contribution in [0.4, 0.5) is 5.69 Å². The molecule has 1 unspecified atom stereocenters. The van der Waals surface area contributed by atoms with Crippen molar-refractivity contribution in [3.63, 3.8) is 0 Å². The number of hydroxylamine groups is 2. The van der Waals surface area contributed by atoms with Gasteiger partial charge in [-0.1, -0.05) is 45.9 Å². The van der Waals surface area contributed by atoms with Crippen molar-refractivity contribution in [3.8, 4) is 16.9 Å². The summed E-state index contributed by atoms with van der Waals surface area (Å²) in [7, 11) is 9.39. The topological polar surface area (TPSA) is 127 Å². The minimum absolute atomic E-state index is 0.00556. The molecule has 6 atom stereocenters. The quantitative estimate of drug-likeness (QED) is 0.254. The van der Waals surface area contributed by atoms with Gasteiger partial charge in [-0.05, 0) is 68.0 Å². The second-order valence-corrected chi connectivity index (χ2v) is 14.7. The van der Waals surface area contributed by atoms with Gasteiger partial charge in [0.05, 0.1) is 26.9 Å². The smallest absolute Gasteiger partial charge is 0.251 e. The lowest BCUT2D eigenvalue weighted by molar-refractivity contribution is -0.182. The number of ether oxygens (including phenoxy) is 1. The van der Waals surface area contributed by atoms with Gasteiger partial charge in [0.2, 0.25) is 5.91 Å². The van der Waals surface area contributed by atoms with Gasteiger partial charge in [0, 0.05) is 61.5 Å². The first-order chi connectivity index (χ1) is 22.7. The van der Waals surface area contributed by atoms with E-state index in [9.17, 15) is 19.8 Å². The van der Waals surface area contributed by atoms with E-state index in [2.05, 4.69) is 38.3 Å². The molecule has 2 fully saturated rings. The van der Waals surface area contributed by atoms with Gasteiger partial charge in [-0.2, -0.15) is 5.06 Å². The third-order valence-electron chi connectivity index (χ3n) is 10.7. The normalized spacial score (nSPS) is 25.6. The van der Waals surface area contributed by atoms with Gasteiger partial charge >= 0.3 is 0 Å². The van der Waals surface area contributed by atoms with Gasteiger partial charge in [0.25, 0.3) is 5.91 Å². The zero-order valence-electron chi connectivity index (χ0n) is 30.2. The van der Waals surface area contributed by atoms with E-state index in [1.807, 2.05) is 74.4 Å². The van der Waals surface area contributed by atoms with Gasteiger partial charge in [-0.25, -0.2) is 0 Å². The fourth-order valence-corrected chi connectivity index (χ4v) is 7.13. The summed E-state index contributed by atoms with van der Waals surface area (Å²) in [6.07, 6.45) is 1.16. The number of aliphatic hydroxyl groups excluding tert-OH is 2. The van der Waals surface area contributed by atoms with Gasteiger partial charge in [0.1, 0.15) is 17.9 Å². The molecule has 0 radical (unpaired) electrons. The highest BCUT2D eigenvalue weighted by Gasteiger charge is 2.48. The maximum absolute atomic E-state index is 14.0. The van der Waals surface area contributed by atoms with Gasteiger partial charge in [0.15, 0.2) is 0 Å². The fraction of sp³-hybridized carbons (Fsp3) is 0.622. The van der Waals surface area contributed by atoms with Gasteiger partial charge < -0.3 is 35.4 Å². The lowest BCUT2D eigenvalue weighted by Gasteiger charge is -2.45. The van der Waals surface area contributed by atoms with Gasteiger partial charge in [-0.3, -0.25) is 14.4 Å². The number of benzene rings is 2. The Kier molecular flexibility index (Phi) is 12.5. The summed E-state index contributed by atoms with van der Waals surface area (Å²) < 4.78 is 6.00. The molecule has 11 nitrogen and oxygen atoms in total. The average Bonchev–Trinajstić information content (AvgIpc) is 3.41. The van der Waals surface area contributed by atoms with Crippen molar-refractivity contribution in [2.75, 3.05) is 66.5 Å². The average molecular weight is 668 g/mol. The molecule has 1 saturated heterocycles. The summed E-state index contributed by atoms with van der Waals surface area (Å²) in [4.78, 5) is 37.3. The first kappa shape index (κ1) is 37.6. The Bertz CT molecular complexity index is 1410. The number of carbonyl (C=O) groups is 2. The van der Waals surface area contributed by atoms with Crippen LogP contribution in [0.2, 0.25) is 0 Å². The highest BCUT2D eigenvalue weighted by Crippen LogP contribution is 2.44. The van der Waals surface area contributed by atoms with Crippen molar-refractivity contribution >= 4 is 17.5 Å². The lowest BCUT2D eigenvalue weighted by Crippen LogP contribution is -2.54. The van der Waals surface area contributed by atoms with E-state index >= 15 is 0 Å². The standard InChI is InChI=1S/C37H57N5O6/c1-23-24(2)37(3,4)14-13-31(23)39-36(46)33-30(21-43)32(22-44)48-42(33)20-25-11-10-12-29(34(25)47-9)26-17-27(19-28(18-26)41(7)8)35(45)38-15-16-40(5)6/h10-12,17-19,23-24,30-33,43-44H,13-16,20-22H2,1-9H3,(H,38,45)(H,39,46)/t23-,24-,30?,31-,32-,33-/m0/s1. The zero-order chi connectivity index (χ0) is 35.3. The number of methoxy groups -OCH3 is 1. The van der Waals surface area contributed by atoms with E-state index in [1.54, 1.807) is 12.2 Å². The summed E-state index contributed by atoms with van der Waals surface area (Å²) in [5.74, 6) is 0.305. The van der Waals surface area contributed by atoms with Crippen LogP contribution in [0.15, 0.2) is 36.4 Å². The minimum atomic E-state index is -0.813. The Balaban J connectivity index is 1.65. The van der Waals surface area contributed by atoms with Crippen molar-refractivity contribution in [1.29, 1.82) is 0 Å². The molecular formula is C37H57N5O6. The first-order valence-corrected chi connectivity index (χ1v) is 17.1. The number of nitrogens with one attached hydrogen (secondary N) is 2. The summed E-state index contributed by atoms with van der Waals surface area (Å²) in [5, 5.41) is 28.4. The van der Waals surface area contributed by atoms with Crippen LogP contribution in [-0.2, 0) is 16.2 Å². The zero-order valence-corrected chi connectivity index (χ0v) is 30.2. The van der Waals surface area contributed by atoms with E-state index in [0.29, 0.717) is 23.8 Å². The van der Waals surface area contributed by atoms with Crippen molar-refractivity contribution in [1.82, 2.24) is 20.6 Å². The molecule has 0 aromatic heterocycles. The summed E-state index contributed by atoms with van der Waals surface area (Å²) >= 11 is 0. The highest BCUT2D eigenvalue weighted by atomic mass is 16.7. The second-order valence-electron chi connectivity index (χ2n) is 14.7. The Morgan fingerprint density at radius 3 is 2.44 bits per heavy atom. The predicted molar refractivity (Wildman–Crippen MR) is 189 cm³/mol. The number of rotatable bonds is 13. The molecule has 2 amide bonds. The van der Waals surface area contributed by atoms with Crippen molar-refractivity contribution < 1.29 is 29.4 Å². The summed E-state index contributed by atoms with van der Waals surface area (Å²) in [6, 6.07) is 10.7. The monoisotopic (exact) mass is 667 g/mol. The minimum Gasteiger partial charge on any atom is -0.496 e. The number of aliphatic hydroxyl groups is 2. The van der Waals surface area contributed by atoms with Crippen molar-refractivity contribution in [3.05, 3.63) is 47.5 Å². The van der Waals surface area contributed by atoms with Crippen LogP contribution in [0.3, 0.4) is 0 Å². The molecule has 48 heavy (non-hydrogen) atoms. The third-order valence-corrected chi connectivity index (χ3v) is 10.7. The number of nitrogens with zero attached hydrogens (tertiary/aromatic N) is 3. The molecule has 0 bridgehead atoms. The van der Waals surface area contributed by atoms with Crippen LogP contribution < -0.4 is 20.3 Å². The number of hydrogen-bond donors (Lipinski definition) is 4. The molecule has 0 spiro atoms. The van der Waals surface area contributed by atoms with Crippen LogP contribution in [0, 0.1) is 23.2 Å². The molecule has 1 heterocycles. The van der Waals surface area contributed by atoms with Crippen molar-refractivity contribution in [2.45, 2.75) is 65.3 Å². The molecule has 1 aliphatic carbocycles. The number of carbonyl (C=O) groups excluding carboxylic acids is 2. The Morgan fingerprint density at radius 1 is 1.08 bits per heavy atom. The summed E-state index contributed by atoms with van der Waals surface area (Å²) in [5.41, 5.74) is 3.95. The number of hydrogen-bond acceptors (Lipinski definition) is 9. The van der Waals surface area contributed by atoms with Crippen molar-refractivity contribution in [2.24, 2.45) is 23.2 Å². The molecule has 1 saturated carbocycles. The van der Waals surface area contributed by atoms with E-state index < -0.39 is 18.1 Å². The molecule has 11 heteroatoms. The van der Waals surface area contributed by atoms with Crippen LogP contribution in [0.1, 0.15) is 56.5 Å². The van der Waals surface area contributed by atoms with E-state index in [-0.39, 0.29) is 48.9 Å². The Morgan fingerprint density at radius 2 is 1.81 bits per heavy atom. The largest absolute Gasteiger partial charge is 0.496 e. The molecule has 2 aromatic rings. The highest BCUT2D eigenvalue weighted by molar-refractivity contribution is 5.97. The lowest BCUT2D eigenvalue weighted by atomic mass is 9.63. The fourth-order valence-electron chi connectivity index (χ4n) is 7.13. The van der Waals surface area contributed by atoms with Crippen LogP contribution >= 0.6 is 0 Å². The molecular weight excluding hydrogens is 610 g/mol. The van der Waals surface area contributed by atoms with E-state index in [4.69, 9.17) is 9.57 Å². The molecule has 266 valence electrons. The first-order valence-electron chi connectivity index (χ1n) is 17.1. The molecule has 2 aromatic carbocycles. The van der Waals surface area contributed by atoms with Crippen LogP contribution in [-0.4, -0.2) is 112 Å².